The van der Waals surface area contributed by atoms with Gasteiger partial charge in [0.25, 0.3) is 0 Å². The van der Waals surface area contributed by atoms with Gasteiger partial charge in [-0.05, 0) is 24.1 Å². The number of hydrogen-bond donors (Lipinski definition) is 2. The van der Waals surface area contributed by atoms with Crippen molar-refractivity contribution in [1.82, 2.24) is 5.32 Å². The molecular weight excluding hydrogens is 257 g/mol. The van der Waals surface area contributed by atoms with Gasteiger partial charge in [0.2, 0.25) is 5.91 Å². The quantitative estimate of drug-likeness (QED) is 0.837. The van der Waals surface area contributed by atoms with Crippen molar-refractivity contribution in [3.05, 3.63) is 35.4 Å². The van der Waals surface area contributed by atoms with E-state index in [4.69, 9.17) is 5.73 Å². The Balaban J connectivity index is 2.56. The second-order valence-corrected chi connectivity index (χ2v) is 4.35. The summed E-state index contributed by atoms with van der Waals surface area (Å²) < 4.78 is 37.1. The van der Waals surface area contributed by atoms with E-state index in [2.05, 4.69) is 5.32 Å². The molecule has 1 amide bonds. The lowest BCUT2D eigenvalue weighted by Crippen LogP contribution is -2.32. The van der Waals surface area contributed by atoms with Crippen LogP contribution in [0.15, 0.2) is 24.3 Å². The maximum atomic E-state index is 12.4. The summed E-state index contributed by atoms with van der Waals surface area (Å²) in [5.74, 6) is -0.397. The minimum Gasteiger partial charge on any atom is -0.370 e. The van der Waals surface area contributed by atoms with Gasteiger partial charge in [0.1, 0.15) is 0 Å². The number of alkyl halides is 3. The summed E-state index contributed by atoms with van der Waals surface area (Å²) in [5, 5.41) is 3.09. The van der Waals surface area contributed by atoms with E-state index in [1.807, 2.05) is 6.92 Å². The molecule has 1 atom stereocenters. The van der Waals surface area contributed by atoms with Crippen LogP contribution in [0.5, 0.6) is 0 Å². The molecule has 0 heterocycles. The summed E-state index contributed by atoms with van der Waals surface area (Å²) in [6, 6.07) is 4.89. The highest BCUT2D eigenvalue weighted by Gasteiger charge is 2.29. The topological polar surface area (TPSA) is 55.1 Å². The first-order valence-electron chi connectivity index (χ1n) is 6.00. The average molecular weight is 274 g/mol. The number of carbonyl (C=O) groups excluding carboxylic acids is 1. The number of amides is 1. The lowest BCUT2D eigenvalue weighted by molar-refractivity contribution is -0.137. The lowest BCUT2D eigenvalue weighted by atomic mass is 10.1. The largest absolute Gasteiger partial charge is 0.416 e. The molecule has 0 aliphatic carbocycles. The van der Waals surface area contributed by atoms with Crippen molar-refractivity contribution in [2.75, 3.05) is 0 Å². The summed E-state index contributed by atoms with van der Waals surface area (Å²) in [6.07, 6.45) is -3.37. The van der Waals surface area contributed by atoms with Crippen LogP contribution in [0.25, 0.3) is 0 Å². The predicted octanol–water partition coefficient (Wildman–Crippen LogP) is 2.45. The highest BCUT2D eigenvalue weighted by molar-refractivity contribution is 5.74. The molecule has 1 aromatic rings. The summed E-state index contributed by atoms with van der Waals surface area (Å²) in [7, 11) is 0. The number of hydrogen-bond acceptors (Lipinski definition) is 2. The third-order valence-corrected chi connectivity index (χ3v) is 2.82. The van der Waals surface area contributed by atoms with E-state index in [0.29, 0.717) is 6.54 Å². The number of carbonyl (C=O) groups is 1. The Morgan fingerprint density at radius 2 is 1.89 bits per heavy atom. The van der Waals surface area contributed by atoms with Crippen LogP contribution in [-0.4, -0.2) is 11.9 Å². The van der Waals surface area contributed by atoms with Crippen LogP contribution in [0.2, 0.25) is 0 Å². The summed E-state index contributed by atoms with van der Waals surface area (Å²) >= 11 is 0. The molecule has 3 nitrogen and oxygen atoms in total. The average Bonchev–Trinajstić information content (AvgIpc) is 2.33. The lowest BCUT2D eigenvalue weighted by Gasteiger charge is -2.15. The Morgan fingerprint density at radius 1 is 1.32 bits per heavy atom. The minimum absolute atomic E-state index is 0.0557. The number of benzene rings is 1. The van der Waals surface area contributed by atoms with Crippen molar-refractivity contribution in [3.8, 4) is 0 Å². The van der Waals surface area contributed by atoms with Crippen molar-refractivity contribution >= 4 is 5.91 Å². The Morgan fingerprint density at radius 3 is 2.32 bits per heavy atom. The molecule has 0 aliphatic heterocycles. The fourth-order valence-electron chi connectivity index (χ4n) is 1.68. The first kappa shape index (κ1) is 15.5. The normalized spacial score (nSPS) is 13.3. The van der Waals surface area contributed by atoms with Crippen molar-refractivity contribution < 1.29 is 18.0 Å². The van der Waals surface area contributed by atoms with Crippen molar-refractivity contribution in [2.24, 2.45) is 5.73 Å². The number of halogens is 3. The number of nitrogens with two attached hydrogens (primary N) is 1. The molecule has 0 aliphatic rings. The summed E-state index contributed by atoms with van der Waals surface area (Å²) in [5.41, 5.74) is 5.17. The molecule has 1 unspecified atom stereocenters. The van der Waals surface area contributed by atoms with E-state index >= 15 is 0 Å². The van der Waals surface area contributed by atoms with Gasteiger partial charge in [0.05, 0.1) is 5.56 Å². The highest BCUT2D eigenvalue weighted by atomic mass is 19.4. The zero-order chi connectivity index (χ0) is 14.5. The van der Waals surface area contributed by atoms with Gasteiger partial charge in [-0.25, -0.2) is 0 Å². The number of primary amides is 1. The van der Waals surface area contributed by atoms with E-state index in [9.17, 15) is 18.0 Å². The van der Waals surface area contributed by atoms with Gasteiger partial charge in [-0.15, -0.1) is 0 Å². The highest BCUT2D eigenvalue weighted by Crippen LogP contribution is 2.29. The Hall–Kier alpha value is -1.56. The smallest absolute Gasteiger partial charge is 0.370 e. The molecule has 0 saturated heterocycles. The molecule has 0 fully saturated rings. The number of nitrogens with one attached hydrogen (secondary N) is 1. The maximum absolute atomic E-state index is 12.4. The second-order valence-electron chi connectivity index (χ2n) is 4.35. The minimum atomic E-state index is -4.32. The van der Waals surface area contributed by atoms with Gasteiger partial charge < -0.3 is 11.1 Å². The second kappa shape index (κ2) is 6.56. The molecule has 0 radical (unpaired) electrons. The van der Waals surface area contributed by atoms with Gasteiger partial charge in [0, 0.05) is 19.0 Å². The van der Waals surface area contributed by atoms with Crippen LogP contribution >= 0.6 is 0 Å². The molecule has 1 aromatic carbocycles. The standard InChI is InChI=1S/C13H17F3N2O/c1-2-11(7-12(17)19)18-8-9-3-5-10(6-4-9)13(14,15)16/h3-6,11,18H,2,7-8H2,1H3,(H2,17,19). The van der Waals surface area contributed by atoms with E-state index in [1.54, 1.807) is 0 Å². The fraction of sp³-hybridized carbons (Fsp3) is 0.462. The molecule has 6 heteroatoms. The van der Waals surface area contributed by atoms with E-state index in [-0.39, 0.29) is 12.5 Å². The Labute approximate surface area is 110 Å². The van der Waals surface area contributed by atoms with E-state index in [1.165, 1.54) is 12.1 Å². The van der Waals surface area contributed by atoms with Crippen molar-refractivity contribution in [2.45, 2.75) is 38.5 Å². The first-order chi connectivity index (χ1) is 8.82. The number of rotatable bonds is 6. The van der Waals surface area contributed by atoms with Crippen LogP contribution < -0.4 is 11.1 Å². The van der Waals surface area contributed by atoms with Gasteiger partial charge in [-0.3, -0.25) is 4.79 Å². The summed E-state index contributed by atoms with van der Waals surface area (Å²) in [4.78, 5) is 10.8. The monoisotopic (exact) mass is 274 g/mol. The molecule has 3 N–H and O–H groups in total. The Bertz CT molecular complexity index is 415. The van der Waals surface area contributed by atoms with Crippen molar-refractivity contribution in [3.63, 3.8) is 0 Å². The predicted molar refractivity (Wildman–Crippen MR) is 66.2 cm³/mol. The third kappa shape index (κ3) is 5.30. The van der Waals surface area contributed by atoms with Gasteiger partial charge >= 0.3 is 6.18 Å². The van der Waals surface area contributed by atoms with Gasteiger partial charge in [-0.1, -0.05) is 19.1 Å². The van der Waals surface area contributed by atoms with Gasteiger partial charge in [-0.2, -0.15) is 13.2 Å². The molecule has 106 valence electrons. The molecule has 1 rings (SSSR count). The van der Waals surface area contributed by atoms with Crippen LogP contribution in [-0.2, 0) is 17.5 Å². The first-order valence-corrected chi connectivity index (χ1v) is 6.00. The van der Waals surface area contributed by atoms with E-state index in [0.717, 1.165) is 24.1 Å². The van der Waals surface area contributed by atoms with Crippen LogP contribution in [0.4, 0.5) is 13.2 Å². The van der Waals surface area contributed by atoms with Crippen LogP contribution in [0, 0.1) is 0 Å². The molecule has 0 spiro atoms. The zero-order valence-electron chi connectivity index (χ0n) is 10.6. The molecule has 19 heavy (non-hydrogen) atoms. The van der Waals surface area contributed by atoms with Crippen molar-refractivity contribution in [1.29, 1.82) is 0 Å². The molecule has 0 bridgehead atoms. The molecular formula is C13H17F3N2O. The van der Waals surface area contributed by atoms with E-state index < -0.39 is 17.6 Å². The zero-order valence-corrected chi connectivity index (χ0v) is 10.6. The van der Waals surface area contributed by atoms with Crippen LogP contribution in [0.3, 0.4) is 0 Å². The maximum Gasteiger partial charge on any atom is 0.416 e. The Kier molecular flexibility index (Phi) is 5.35. The molecule has 0 aromatic heterocycles. The molecule has 0 saturated carbocycles. The third-order valence-electron chi connectivity index (χ3n) is 2.82. The SMILES string of the molecule is CCC(CC(N)=O)NCc1ccc(C(F)(F)F)cc1. The fourth-order valence-corrected chi connectivity index (χ4v) is 1.68. The summed E-state index contributed by atoms with van der Waals surface area (Å²) in [6.45, 7) is 2.32. The van der Waals surface area contributed by atoms with Crippen LogP contribution in [0.1, 0.15) is 30.9 Å². The van der Waals surface area contributed by atoms with Gasteiger partial charge in [0.15, 0.2) is 0 Å².